The number of carbonyl (C=O) groups excluding carboxylic acids is 1. The highest BCUT2D eigenvalue weighted by atomic mass is 79.9. The van der Waals surface area contributed by atoms with E-state index in [1.54, 1.807) is 23.1 Å². The molecule has 1 aliphatic rings. The number of aromatic nitrogens is 2. The Morgan fingerprint density at radius 3 is 2.76 bits per heavy atom. The van der Waals surface area contributed by atoms with E-state index < -0.39 is 0 Å². The van der Waals surface area contributed by atoms with Crippen molar-refractivity contribution in [2.45, 2.75) is 31.8 Å². The summed E-state index contributed by atoms with van der Waals surface area (Å²) in [6.07, 6.45) is 1.38. The van der Waals surface area contributed by atoms with Gasteiger partial charge in [-0.05, 0) is 66.0 Å². The molecule has 152 valence electrons. The van der Waals surface area contributed by atoms with Crippen molar-refractivity contribution in [2.75, 3.05) is 11.9 Å². The monoisotopic (exact) mass is 496 g/mol. The Hall–Kier alpha value is -1.96. The highest BCUT2D eigenvalue weighted by Gasteiger charge is 2.31. The molecule has 2 unspecified atom stereocenters. The van der Waals surface area contributed by atoms with Crippen LogP contribution in [0.5, 0.6) is 0 Å². The molecule has 1 saturated heterocycles. The van der Waals surface area contributed by atoms with Gasteiger partial charge in [0, 0.05) is 28.8 Å². The molecule has 4 rings (SSSR count). The molecule has 0 radical (unpaired) electrons. The third kappa shape index (κ3) is 3.91. The summed E-state index contributed by atoms with van der Waals surface area (Å²) < 4.78 is 2.67. The van der Waals surface area contributed by atoms with Crippen molar-refractivity contribution in [2.24, 2.45) is 0 Å². The number of benzene rings is 2. The molecule has 2 N–H and O–H groups in total. The second-order valence-electron chi connectivity index (χ2n) is 7.21. The average Bonchev–Trinajstić information content (AvgIpc) is 3.02. The van der Waals surface area contributed by atoms with Crippen LogP contribution in [0.1, 0.15) is 25.8 Å². The van der Waals surface area contributed by atoms with Crippen molar-refractivity contribution in [3.63, 3.8) is 0 Å². The molecular weight excluding hydrogens is 479 g/mol. The molecule has 29 heavy (non-hydrogen) atoms. The van der Waals surface area contributed by atoms with E-state index in [4.69, 9.17) is 23.2 Å². The fourth-order valence-electron chi connectivity index (χ4n) is 3.93. The highest BCUT2D eigenvalue weighted by Crippen LogP contribution is 2.31. The summed E-state index contributed by atoms with van der Waals surface area (Å²) in [5, 5.41) is 3.70. The van der Waals surface area contributed by atoms with E-state index >= 15 is 0 Å². The molecule has 2 amide bonds. The molecular formula is C20H19BrCl2N4O2. The number of para-hydroxylation sites is 1. The Balaban J connectivity index is 1.51. The molecule has 9 heteroatoms. The Kier molecular flexibility index (Phi) is 5.64. The Morgan fingerprint density at radius 1 is 1.24 bits per heavy atom. The van der Waals surface area contributed by atoms with Crippen LogP contribution in [0, 0.1) is 0 Å². The van der Waals surface area contributed by atoms with Crippen LogP contribution in [0.2, 0.25) is 10.0 Å². The van der Waals surface area contributed by atoms with E-state index in [1.807, 2.05) is 29.7 Å². The first-order chi connectivity index (χ1) is 13.8. The highest BCUT2D eigenvalue weighted by molar-refractivity contribution is 9.10. The molecule has 0 aliphatic carbocycles. The largest absolute Gasteiger partial charge is 0.326 e. The zero-order valence-electron chi connectivity index (χ0n) is 15.6. The van der Waals surface area contributed by atoms with Gasteiger partial charge in [0.25, 0.3) is 0 Å². The van der Waals surface area contributed by atoms with Gasteiger partial charge in [0.05, 0.1) is 21.1 Å². The lowest BCUT2D eigenvalue weighted by molar-refractivity contribution is 0.147. The van der Waals surface area contributed by atoms with Crippen molar-refractivity contribution in [3.05, 3.63) is 61.4 Å². The number of likely N-dealkylation sites (tertiary alicyclic amines) is 1. The van der Waals surface area contributed by atoms with Gasteiger partial charge in [-0.25, -0.2) is 9.59 Å². The number of H-pyrrole nitrogens is 1. The Bertz CT molecular complexity index is 1140. The van der Waals surface area contributed by atoms with Gasteiger partial charge in [0.1, 0.15) is 0 Å². The number of halogens is 3. The van der Waals surface area contributed by atoms with Gasteiger partial charge in [0.2, 0.25) is 0 Å². The second-order valence-corrected chi connectivity index (χ2v) is 8.88. The Labute approximate surface area is 185 Å². The van der Waals surface area contributed by atoms with Gasteiger partial charge in [-0.1, -0.05) is 29.3 Å². The lowest BCUT2D eigenvalue weighted by atomic mass is 9.98. The Morgan fingerprint density at radius 2 is 2.03 bits per heavy atom. The van der Waals surface area contributed by atoms with Gasteiger partial charge in [-0.3, -0.25) is 4.57 Å². The van der Waals surface area contributed by atoms with Crippen LogP contribution in [0.25, 0.3) is 11.0 Å². The molecule has 2 heterocycles. The zero-order valence-corrected chi connectivity index (χ0v) is 18.7. The number of rotatable bonds is 2. The van der Waals surface area contributed by atoms with Gasteiger partial charge in [-0.15, -0.1) is 0 Å². The molecule has 6 nitrogen and oxygen atoms in total. The topological polar surface area (TPSA) is 70.1 Å². The molecule has 0 saturated carbocycles. The average molecular weight is 498 g/mol. The molecule has 0 spiro atoms. The lowest BCUT2D eigenvalue weighted by Crippen LogP contribution is -2.47. The zero-order chi connectivity index (χ0) is 20.7. The third-order valence-electron chi connectivity index (χ3n) is 5.35. The van der Waals surface area contributed by atoms with E-state index in [1.165, 1.54) is 0 Å². The normalized spacial score (nSPS) is 19.5. The number of piperidine rings is 1. The maximum absolute atomic E-state index is 12.7. The van der Waals surface area contributed by atoms with Crippen molar-refractivity contribution < 1.29 is 4.79 Å². The number of carbonyl (C=O) groups is 1. The molecule has 1 fully saturated rings. The fraction of sp³-hybridized carbons (Fsp3) is 0.300. The summed E-state index contributed by atoms with van der Waals surface area (Å²) in [6, 6.07) is 10.6. The molecule has 2 aromatic carbocycles. The van der Waals surface area contributed by atoms with Gasteiger partial charge in [-0.2, -0.15) is 0 Å². The van der Waals surface area contributed by atoms with Crippen LogP contribution in [0.3, 0.4) is 0 Å². The van der Waals surface area contributed by atoms with Crippen molar-refractivity contribution in [1.82, 2.24) is 14.5 Å². The molecule has 1 aliphatic heterocycles. The standard InChI is InChI=1S/C20H19BrCl2N4O2/c1-11-9-13(27-17-4-2-3-14(21)18(17)25-20(27)29)7-8-26(11)19(28)24-12-5-6-15(22)16(23)10-12/h2-6,10-11,13H,7-9H2,1H3,(H,24,28)(H,25,29). The van der Waals surface area contributed by atoms with Crippen LogP contribution in [0.15, 0.2) is 45.7 Å². The van der Waals surface area contributed by atoms with Crippen molar-refractivity contribution in [1.29, 1.82) is 0 Å². The first-order valence-corrected chi connectivity index (χ1v) is 10.8. The number of urea groups is 1. The number of amides is 2. The first-order valence-electron chi connectivity index (χ1n) is 9.26. The van der Waals surface area contributed by atoms with Gasteiger partial charge < -0.3 is 15.2 Å². The van der Waals surface area contributed by atoms with Crippen LogP contribution in [-0.2, 0) is 0 Å². The van der Waals surface area contributed by atoms with E-state index in [0.717, 1.165) is 15.5 Å². The van der Waals surface area contributed by atoms with Crippen molar-refractivity contribution in [3.8, 4) is 0 Å². The van der Waals surface area contributed by atoms with E-state index in [2.05, 4.69) is 26.2 Å². The smallest absolute Gasteiger partial charge is 0.322 e. The molecule has 0 bridgehead atoms. The predicted molar refractivity (Wildman–Crippen MR) is 120 cm³/mol. The number of nitrogens with zero attached hydrogens (tertiary/aromatic N) is 2. The number of aromatic amines is 1. The minimum atomic E-state index is -0.191. The van der Waals surface area contributed by atoms with Gasteiger partial charge >= 0.3 is 11.7 Å². The summed E-state index contributed by atoms with van der Waals surface area (Å²) in [5.74, 6) is 0. The fourth-order valence-corrected chi connectivity index (χ4v) is 4.68. The predicted octanol–water partition coefficient (Wildman–Crippen LogP) is 5.66. The molecule has 3 aromatic rings. The minimum Gasteiger partial charge on any atom is -0.322 e. The summed E-state index contributed by atoms with van der Waals surface area (Å²) in [7, 11) is 0. The number of hydrogen-bond donors (Lipinski definition) is 2. The number of nitrogens with one attached hydrogen (secondary N) is 2. The minimum absolute atomic E-state index is 0.0228. The number of hydrogen-bond acceptors (Lipinski definition) is 2. The maximum Gasteiger partial charge on any atom is 0.326 e. The van der Waals surface area contributed by atoms with E-state index in [-0.39, 0.29) is 23.8 Å². The quantitative estimate of drug-likeness (QED) is 0.479. The summed E-state index contributed by atoms with van der Waals surface area (Å²) in [6.45, 7) is 2.54. The van der Waals surface area contributed by atoms with Crippen LogP contribution >= 0.6 is 39.1 Å². The van der Waals surface area contributed by atoms with Crippen LogP contribution in [0.4, 0.5) is 10.5 Å². The second kappa shape index (κ2) is 8.05. The summed E-state index contributed by atoms with van der Waals surface area (Å²) >= 11 is 15.4. The van der Waals surface area contributed by atoms with Crippen molar-refractivity contribution >= 4 is 61.9 Å². The van der Waals surface area contributed by atoms with E-state index in [9.17, 15) is 9.59 Å². The number of imidazole rings is 1. The first kappa shape index (κ1) is 20.3. The van der Waals surface area contributed by atoms with Crippen LogP contribution in [-0.4, -0.2) is 33.1 Å². The van der Waals surface area contributed by atoms with E-state index in [0.29, 0.717) is 35.1 Å². The number of anilines is 1. The molecule has 1 aromatic heterocycles. The summed E-state index contributed by atoms with van der Waals surface area (Å²) in [5.41, 5.74) is 2.13. The summed E-state index contributed by atoms with van der Waals surface area (Å²) in [4.78, 5) is 30.0. The molecule has 2 atom stereocenters. The maximum atomic E-state index is 12.7. The SMILES string of the molecule is CC1CC(n2c(=O)[nH]c3c(Br)cccc32)CCN1C(=O)Nc1ccc(Cl)c(Cl)c1. The number of fused-ring (bicyclic) bond motifs is 1. The van der Waals surface area contributed by atoms with Crippen LogP contribution < -0.4 is 11.0 Å². The lowest BCUT2D eigenvalue weighted by Gasteiger charge is -2.38. The third-order valence-corrected chi connectivity index (χ3v) is 6.75. The van der Waals surface area contributed by atoms with Gasteiger partial charge in [0.15, 0.2) is 0 Å².